The van der Waals surface area contributed by atoms with E-state index in [1.54, 1.807) is 0 Å². The lowest BCUT2D eigenvalue weighted by Crippen LogP contribution is -2.42. The zero-order valence-electron chi connectivity index (χ0n) is 10.1. The highest BCUT2D eigenvalue weighted by Gasteiger charge is 2.34. The molecule has 0 amide bonds. The van der Waals surface area contributed by atoms with E-state index in [0.717, 1.165) is 13.0 Å². The molecule has 3 N–H and O–H groups in total. The second kappa shape index (κ2) is 5.00. The minimum absolute atomic E-state index is 0.0693. The molecular formula is C10H12F3N3O3. The summed E-state index contributed by atoms with van der Waals surface area (Å²) in [6.07, 6.45) is -4.63. The molecule has 0 aliphatic carbocycles. The Bertz CT molecular complexity index is 489. The Kier molecular flexibility index (Phi) is 3.99. The summed E-state index contributed by atoms with van der Waals surface area (Å²) in [5.41, 5.74) is -3.21. The van der Waals surface area contributed by atoms with Gasteiger partial charge in [-0.25, -0.2) is 14.8 Å². The maximum atomic E-state index is 12.5. The molecule has 1 unspecified atom stereocenters. The van der Waals surface area contributed by atoms with Gasteiger partial charge in [0.2, 0.25) is 5.95 Å². The van der Waals surface area contributed by atoms with Gasteiger partial charge in [0.25, 0.3) is 0 Å². The Labute approximate surface area is 106 Å². The Balaban J connectivity index is 2.91. The summed E-state index contributed by atoms with van der Waals surface area (Å²) in [6.45, 7) is 1.82. The molecule has 9 heteroatoms. The first-order valence-corrected chi connectivity index (χ1v) is 5.15. The van der Waals surface area contributed by atoms with Crippen LogP contribution >= 0.6 is 0 Å². The van der Waals surface area contributed by atoms with Crippen LogP contribution < -0.4 is 5.32 Å². The van der Waals surface area contributed by atoms with Gasteiger partial charge in [0, 0.05) is 5.69 Å². The highest BCUT2D eigenvalue weighted by atomic mass is 19.4. The lowest BCUT2D eigenvalue weighted by Gasteiger charge is -2.18. The molecule has 0 saturated heterocycles. The number of nitrogens with zero attached hydrogens (tertiary/aromatic N) is 2. The van der Waals surface area contributed by atoms with Gasteiger partial charge in [-0.3, -0.25) is 0 Å². The molecule has 106 valence electrons. The quantitative estimate of drug-likeness (QED) is 0.762. The fraction of sp³-hybridized carbons (Fsp3) is 0.500. The Hall–Kier alpha value is -1.90. The summed E-state index contributed by atoms with van der Waals surface area (Å²) >= 11 is 0. The van der Waals surface area contributed by atoms with Crippen molar-refractivity contribution in [3.05, 3.63) is 17.5 Å². The van der Waals surface area contributed by atoms with Gasteiger partial charge < -0.3 is 15.5 Å². The molecule has 1 atom stereocenters. The fourth-order valence-electron chi connectivity index (χ4n) is 1.12. The number of rotatable bonds is 4. The van der Waals surface area contributed by atoms with Crippen molar-refractivity contribution >= 4 is 11.9 Å². The van der Waals surface area contributed by atoms with Crippen LogP contribution in [0, 0.1) is 6.92 Å². The highest BCUT2D eigenvalue weighted by Crippen LogP contribution is 2.28. The lowest BCUT2D eigenvalue weighted by atomic mass is 10.1. The van der Waals surface area contributed by atoms with Crippen molar-refractivity contribution in [2.24, 2.45) is 0 Å². The zero-order valence-corrected chi connectivity index (χ0v) is 10.1. The maximum Gasteiger partial charge on any atom is 0.433 e. The second-order valence-corrected chi connectivity index (χ2v) is 4.15. The average molecular weight is 279 g/mol. The predicted molar refractivity (Wildman–Crippen MR) is 58.5 cm³/mol. The summed E-state index contributed by atoms with van der Waals surface area (Å²) in [6, 6.07) is 0.764. The summed E-state index contributed by atoms with van der Waals surface area (Å²) in [5.74, 6) is -1.91. The molecule has 0 aromatic carbocycles. The maximum absolute atomic E-state index is 12.5. The molecule has 0 aliphatic rings. The normalized spacial score (nSPS) is 14.8. The number of nitrogens with one attached hydrogen (secondary N) is 1. The van der Waals surface area contributed by atoms with E-state index in [0.29, 0.717) is 0 Å². The fourth-order valence-corrected chi connectivity index (χ4v) is 1.12. The van der Waals surface area contributed by atoms with Crippen LogP contribution in [0.25, 0.3) is 0 Å². The smallest absolute Gasteiger partial charge is 0.433 e. The molecular weight excluding hydrogens is 267 g/mol. The highest BCUT2D eigenvalue weighted by molar-refractivity contribution is 5.77. The monoisotopic (exact) mass is 279 g/mol. The minimum atomic E-state index is -4.63. The van der Waals surface area contributed by atoms with Crippen LogP contribution in [-0.2, 0) is 11.0 Å². The van der Waals surface area contributed by atoms with Gasteiger partial charge in [-0.05, 0) is 19.9 Å². The molecule has 19 heavy (non-hydrogen) atoms. The largest absolute Gasteiger partial charge is 0.479 e. The second-order valence-electron chi connectivity index (χ2n) is 4.15. The zero-order chi connectivity index (χ0) is 14.8. The summed E-state index contributed by atoms with van der Waals surface area (Å²) in [7, 11) is 0. The van der Waals surface area contributed by atoms with Crippen molar-refractivity contribution in [2.45, 2.75) is 25.6 Å². The number of aromatic nitrogens is 2. The van der Waals surface area contributed by atoms with Crippen molar-refractivity contribution in [3.8, 4) is 0 Å². The Morgan fingerprint density at radius 2 is 2.00 bits per heavy atom. The molecule has 0 radical (unpaired) electrons. The van der Waals surface area contributed by atoms with E-state index in [1.165, 1.54) is 6.92 Å². The number of hydrogen-bond donors (Lipinski definition) is 3. The number of carbonyl (C=O) groups is 1. The van der Waals surface area contributed by atoms with Crippen LogP contribution in [0.4, 0.5) is 19.1 Å². The van der Waals surface area contributed by atoms with Crippen molar-refractivity contribution < 1.29 is 28.2 Å². The average Bonchev–Trinajstić information content (AvgIpc) is 2.24. The van der Waals surface area contributed by atoms with Crippen LogP contribution in [0.2, 0.25) is 0 Å². The third-order valence-corrected chi connectivity index (χ3v) is 2.20. The number of aliphatic carboxylic acids is 1. The van der Waals surface area contributed by atoms with Crippen LogP contribution in [-0.4, -0.2) is 38.3 Å². The number of aryl methyl sites for hydroxylation is 1. The van der Waals surface area contributed by atoms with Crippen LogP contribution in [0.3, 0.4) is 0 Å². The molecule has 0 aliphatic heterocycles. The molecule has 0 bridgehead atoms. The van der Waals surface area contributed by atoms with Gasteiger partial charge in [0.1, 0.15) is 5.69 Å². The molecule has 0 saturated carbocycles. The summed E-state index contributed by atoms with van der Waals surface area (Å²) in [4.78, 5) is 17.5. The first-order chi connectivity index (χ1) is 8.52. The molecule has 1 rings (SSSR count). The van der Waals surface area contributed by atoms with Crippen LogP contribution in [0.1, 0.15) is 18.3 Å². The van der Waals surface area contributed by atoms with E-state index in [1.807, 2.05) is 0 Å². The number of carboxylic acid groups (broad SMARTS) is 1. The number of alkyl halides is 3. The number of carboxylic acids is 1. The molecule has 1 heterocycles. The van der Waals surface area contributed by atoms with E-state index >= 15 is 0 Å². The standard InChI is InChI=1S/C10H12F3N3O3/c1-5-3-6(10(11,12)13)16-8(15-5)14-4-9(2,19)7(17)18/h3,19H,4H2,1-2H3,(H,17,18)(H,14,15,16). The molecule has 0 fully saturated rings. The Morgan fingerprint density at radius 1 is 1.42 bits per heavy atom. The van der Waals surface area contributed by atoms with E-state index in [-0.39, 0.29) is 5.69 Å². The third kappa shape index (κ3) is 4.05. The Morgan fingerprint density at radius 3 is 2.47 bits per heavy atom. The van der Waals surface area contributed by atoms with Gasteiger partial charge in [0.15, 0.2) is 5.60 Å². The first kappa shape index (κ1) is 15.2. The van der Waals surface area contributed by atoms with E-state index < -0.39 is 35.9 Å². The van der Waals surface area contributed by atoms with Crippen molar-refractivity contribution in [2.75, 3.05) is 11.9 Å². The first-order valence-electron chi connectivity index (χ1n) is 5.15. The lowest BCUT2D eigenvalue weighted by molar-refractivity contribution is -0.155. The van der Waals surface area contributed by atoms with Gasteiger partial charge in [-0.1, -0.05) is 0 Å². The van der Waals surface area contributed by atoms with Crippen LogP contribution in [0.15, 0.2) is 6.07 Å². The number of halogens is 3. The third-order valence-electron chi connectivity index (χ3n) is 2.20. The molecule has 6 nitrogen and oxygen atoms in total. The number of hydrogen-bond acceptors (Lipinski definition) is 5. The van der Waals surface area contributed by atoms with Gasteiger partial charge in [0.05, 0.1) is 6.54 Å². The molecule has 1 aromatic rings. The van der Waals surface area contributed by atoms with Gasteiger partial charge in [-0.2, -0.15) is 13.2 Å². The predicted octanol–water partition coefficient (Wildman–Crippen LogP) is 1.05. The van der Waals surface area contributed by atoms with Gasteiger partial charge >= 0.3 is 12.1 Å². The van der Waals surface area contributed by atoms with E-state index in [9.17, 15) is 23.1 Å². The van der Waals surface area contributed by atoms with E-state index in [4.69, 9.17) is 5.11 Å². The van der Waals surface area contributed by atoms with Crippen LogP contribution in [0.5, 0.6) is 0 Å². The number of anilines is 1. The number of aliphatic hydroxyl groups is 1. The summed E-state index contributed by atoms with van der Waals surface area (Å²) in [5, 5.41) is 20.3. The van der Waals surface area contributed by atoms with E-state index in [2.05, 4.69) is 15.3 Å². The topological polar surface area (TPSA) is 95.3 Å². The summed E-state index contributed by atoms with van der Waals surface area (Å²) < 4.78 is 37.5. The minimum Gasteiger partial charge on any atom is -0.479 e. The molecule has 1 aromatic heterocycles. The van der Waals surface area contributed by atoms with Gasteiger partial charge in [-0.15, -0.1) is 0 Å². The SMILES string of the molecule is Cc1cc(C(F)(F)F)nc(NCC(C)(O)C(=O)O)n1. The van der Waals surface area contributed by atoms with Crippen molar-refractivity contribution in [1.82, 2.24) is 9.97 Å². The van der Waals surface area contributed by atoms with Crippen molar-refractivity contribution in [3.63, 3.8) is 0 Å². The van der Waals surface area contributed by atoms with Crippen molar-refractivity contribution in [1.29, 1.82) is 0 Å². The molecule has 0 spiro atoms.